The summed E-state index contributed by atoms with van der Waals surface area (Å²) in [5, 5.41) is 4.35. The van der Waals surface area contributed by atoms with E-state index in [1.807, 2.05) is 35.2 Å². The number of amides is 1. The fraction of sp³-hybridized carbons (Fsp3) is 0.379. The Morgan fingerprint density at radius 3 is 2.39 bits per heavy atom. The number of nitrogens with two attached hydrogens (primary N) is 1. The van der Waals surface area contributed by atoms with E-state index in [1.165, 1.54) is 6.07 Å². The van der Waals surface area contributed by atoms with Crippen molar-refractivity contribution >= 4 is 17.4 Å². The zero-order chi connectivity index (χ0) is 26.3. The molecule has 2 aliphatic heterocycles. The van der Waals surface area contributed by atoms with E-state index in [9.17, 15) is 9.18 Å². The molecule has 2 N–H and O–H groups in total. The number of piperidine rings is 2. The molecule has 38 heavy (non-hydrogen) atoms. The lowest BCUT2D eigenvalue weighted by atomic mass is 9.88. The van der Waals surface area contributed by atoms with Crippen molar-refractivity contribution < 1.29 is 14.0 Å². The summed E-state index contributed by atoms with van der Waals surface area (Å²) < 4.78 is 14.7. The molecule has 5 rings (SSSR count). The zero-order valence-electron chi connectivity index (χ0n) is 21.4. The van der Waals surface area contributed by atoms with E-state index < -0.39 is 5.82 Å². The van der Waals surface area contributed by atoms with Crippen molar-refractivity contribution in [2.75, 3.05) is 31.9 Å². The van der Waals surface area contributed by atoms with Gasteiger partial charge in [0.2, 0.25) is 5.91 Å². The third-order valence-corrected chi connectivity index (χ3v) is 7.38. The number of nitrogens with zero attached hydrogens (tertiary/aromatic N) is 5. The quantitative estimate of drug-likeness (QED) is 0.375. The van der Waals surface area contributed by atoms with Crippen molar-refractivity contribution in [3.05, 3.63) is 84.1 Å². The molecule has 0 unspecified atom stereocenters. The number of nitrogen functional groups attached to an aromatic ring is 1. The van der Waals surface area contributed by atoms with Gasteiger partial charge in [0.1, 0.15) is 17.2 Å². The molecule has 2 saturated heterocycles. The van der Waals surface area contributed by atoms with Gasteiger partial charge in [-0.05, 0) is 80.7 Å². The topological polar surface area (TPSA) is 96.9 Å². The molecule has 0 atom stereocenters. The molecule has 2 aromatic heterocycles. The van der Waals surface area contributed by atoms with Gasteiger partial charge in [-0.15, -0.1) is 0 Å². The lowest BCUT2D eigenvalue weighted by molar-refractivity contribution is -0.138. The third kappa shape index (κ3) is 6.34. The number of pyridine rings is 2. The molecule has 8 nitrogen and oxygen atoms in total. The maximum absolute atomic E-state index is 14.7. The van der Waals surface area contributed by atoms with Crippen LogP contribution in [0.2, 0.25) is 0 Å². The van der Waals surface area contributed by atoms with Crippen LogP contribution in [0.3, 0.4) is 0 Å². The minimum Gasteiger partial charge on any atom is -0.384 e. The van der Waals surface area contributed by atoms with E-state index in [0.717, 1.165) is 38.0 Å². The average Bonchev–Trinajstić information content (AvgIpc) is 2.95. The number of likely N-dealkylation sites (tertiary alicyclic amines) is 2. The van der Waals surface area contributed by atoms with E-state index in [2.05, 4.69) is 20.0 Å². The van der Waals surface area contributed by atoms with Crippen LogP contribution in [0.25, 0.3) is 0 Å². The summed E-state index contributed by atoms with van der Waals surface area (Å²) in [7, 11) is 0. The SMILES string of the molecule is Nc1cc(CN2CCC(C(=O)N3CCC(/C(=N/Oc4ccccc4)c4ncccc4F)CC3)CC2)ccn1. The summed E-state index contributed by atoms with van der Waals surface area (Å²) in [6.45, 7) is 3.79. The van der Waals surface area contributed by atoms with Crippen LogP contribution in [-0.2, 0) is 11.3 Å². The molecular formula is C29H33FN6O2. The summed E-state index contributed by atoms with van der Waals surface area (Å²) in [6, 6.07) is 16.0. The summed E-state index contributed by atoms with van der Waals surface area (Å²) in [5.41, 5.74) is 7.64. The van der Waals surface area contributed by atoms with Crippen LogP contribution in [0.15, 0.2) is 72.1 Å². The van der Waals surface area contributed by atoms with Gasteiger partial charge < -0.3 is 15.5 Å². The number of benzene rings is 1. The van der Waals surface area contributed by atoms with Crippen molar-refractivity contribution in [1.82, 2.24) is 19.8 Å². The lowest BCUT2D eigenvalue weighted by Gasteiger charge is -2.37. The Bertz CT molecular complexity index is 1250. The van der Waals surface area contributed by atoms with Gasteiger partial charge in [-0.1, -0.05) is 23.4 Å². The number of carbonyl (C=O) groups is 1. The van der Waals surface area contributed by atoms with Crippen molar-refractivity contribution in [3.63, 3.8) is 0 Å². The molecule has 0 saturated carbocycles. The predicted octanol–water partition coefficient (Wildman–Crippen LogP) is 4.13. The number of anilines is 1. The Morgan fingerprint density at radius 1 is 0.947 bits per heavy atom. The van der Waals surface area contributed by atoms with Gasteiger partial charge in [-0.3, -0.25) is 14.7 Å². The van der Waals surface area contributed by atoms with E-state index >= 15 is 0 Å². The number of hydrogen-bond acceptors (Lipinski definition) is 7. The lowest BCUT2D eigenvalue weighted by Crippen LogP contribution is -2.46. The maximum atomic E-state index is 14.7. The number of para-hydroxylation sites is 1. The average molecular weight is 517 g/mol. The molecule has 198 valence electrons. The number of oxime groups is 1. The molecule has 0 bridgehead atoms. The Kier molecular flexibility index (Phi) is 8.23. The van der Waals surface area contributed by atoms with Crippen molar-refractivity contribution in [2.45, 2.75) is 32.2 Å². The maximum Gasteiger partial charge on any atom is 0.225 e. The molecule has 0 aliphatic carbocycles. The van der Waals surface area contributed by atoms with Crippen LogP contribution < -0.4 is 10.6 Å². The van der Waals surface area contributed by atoms with E-state index in [1.54, 1.807) is 30.6 Å². The van der Waals surface area contributed by atoms with Gasteiger partial charge in [0.25, 0.3) is 0 Å². The van der Waals surface area contributed by atoms with Gasteiger partial charge in [-0.2, -0.15) is 0 Å². The molecule has 1 aromatic carbocycles. The van der Waals surface area contributed by atoms with Crippen molar-refractivity contribution in [1.29, 1.82) is 0 Å². The minimum absolute atomic E-state index is 0.0353. The molecule has 4 heterocycles. The first-order valence-electron chi connectivity index (χ1n) is 13.2. The van der Waals surface area contributed by atoms with Crippen molar-refractivity contribution in [3.8, 4) is 5.75 Å². The Labute approximate surface area is 222 Å². The highest BCUT2D eigenvalue weighted by molar-refractivity contribution is 6.00. The monoisotopic (exact) mass is 516 g/mol. The van der Waals surface area contributed by atoms with Gasteiger partial charge in [0.05, 0.1) is 0 Å². The highest BCUT2D eigenvalue weighted by Crippen LogP contribution is 2.27. The molecule has 0 radical (unpaired) electrons. The van der Waals surface area contributed by atoms with Gasteiger partial charge in [0.15, 0.2) is 11.6 Å². The molecular weight excluding hydrogens is 483 g/mol. The van der Waals surface area contributed by atoms with Gasteiger partial charge >= 0.3 is 0 Å². The molecule has 0 spiro atoms. The largest absolute Gasteiger partial charge is 0.384 e. The number of halogens is 1. The first kappa shape index (κ1) is 25.8. The summed E-state index contributed by atoms with van der Waals surface area (Å²) >= 11 is 0. The summed E-state index contributed by atoms with van der Waals surface area (Å²) in [4.78, 5) is 31.6. The van der Waals surface area contributed by atoms with E-state index in [-0.39, 0.29) is 23.4 Å². The number of carbonyl (C=O) groups excluding carboxylic acids is 1. The van der Waals surface area contributed by atoms with Gasteiger partial charge in [-0.25, -0.2) is 9.37 Å². The van der Waals surface area contributed by atoms with E-state index in [4.69, 9.17) is 10.6 Å². The molecule has 1 amide bonds. The number of rotatable bonds is 7. The second kappa shape index (κ2) is 12.1. The van der Waals surface area contributed by atoms with Crippen LogP contribution in [0, 0.1) is 17.7 Å². The smallest absolute Gasteiger partial charge is 0.225 e. The first-order chi connectivity index (χ1) is 18.6. The van der Waals surface area contributed by atoms with Crippen LogP contribution in [0.4, 0.5) is 10.2 Å². The fourth-order valence-corrected chi connectivity index (χ4v) is 5.29. The number of aromatic nitrogens is 2. The Hall–Kier alpha value is -3.85. The fourth-order valence-electron chi connectivity index (χ4n) is 5.29. The van der Waals surface area contributed by atoms with E-state index in [0.29, 0.717) is 43.2 Å². The van der Waals surface area contributed by atoms with Gasteiger partial charge in [0, 0.05) is 43.9 Å². The van der Waals surface area contributed by atoms with Crippen LogP contribution in [-0.4, -0.2) is 57.6 Å². The molecule has 9 heteroatoms. The third-order valence-electron chi connectivity index (χ3n) is 7.38. The Morgan fingerprint density at radius 2 is 1.68 bits per heavy atom. The summed E-state index contributed by atoms with van der Waals surface area (Å²) in [5.74, 6) is 0.881. The van der Waals surface area contributed by atoms with Crippen LogP contribution in [0.1, 0.15) is 36.9 Å². The second-order valence-electron chi connectivity index (χ2n) is 9.95. The zero-order valence-corrected chi connectivity index (χ0v) is 21.4. The van der Waals surface area contributed by atoms with Crippen LogP contribution >= 0.6 is 0 Å². The normalized spacial score (nSPS) is 17.9. The molecule has 3 aromatic rings. The second-order valence-corrected chi connectivity index (χ2v) is 9.95. The standard InChI is InChI=1S/C29H33FN6O2/c30-25-7-4-13-33-28(25)27(34-38-24-5-2-1-3-6-24)22-11-17-36(18-12-22)29(37)23-9-15-35(16-10-23)20-21-8-14-32-26(31)19-21/h1-8,13-14,19,22-23H,9-12,15-18,20H2,(H2,31,32)/b34-27-. The number of hydrogen-bond donors (Lipinski definition) is 1. The van der Waals surface area contributed by atoms with Crippen LogP contribution in [0.5, 0.6) is 5.75 Å². The first-order valence-corrected chi connectivity index (χ1v) is 13.2. The molecule has 2 aliphatic rings. The van der Waals surface area contributed by atoms with Crippen molar-refractivity contribution in [2.24, 2.45) is 17.0 Å². The summed E-state index contributed by atoms with van der Waals surface area (Å²) in [6.07, 6.45) is 6.34. The minimum atomic E-state index is -0.428. The molecule has 2 fully saturated rings. The Balaban J connectivity index is 1.18. The highest BCUT2D eigenvalue weighted by Gasteiger charge is 2.33. The predicted molar refractivity (Wildman–Crippen MR) is 144 cm³/mol. The highest BCUT2D eigenvalue weighted by atomic mass is 19.1.